The predicted octanol–water partition coefficient (Wildman–Crippen LogP) is 3.03. The molecule has 1 aromatic carbocycles. The monoisotopic (exact) mass is 246 g/mol. The van der Waals surface area contributed by atoms with E-state index in [0.717, 1.165) is 25.6 Å². The summed E-state index contributed by atoms with van der Waals surface area (Å²) < 4.78 is 0. The van der Waals surface area contributed by atoms with Crippen molar-refractivity contribution in [3.05, 3.63) is 35.9 Å². The molecule has 1 fully saturated rings. The second-order valence-electron chi connectivity index (χ2n) is 5.63. The normalized spacial score (nSPS) is 17.7. The van der Waals surface area contributed by atoms with E-state index in [9.17, 15) is 0 Å². The summed E-state index contributed by atoms with van der Waals surface area (Å²) in [7, 11) is 0. The second kappa shape index (κ2) is 6.91. The summed E-state index contributed by atoms with van der Waals surface area (Å²) in [6.45, 7) is 5.15. The molecule has 0 heterocycles. The van der Waals surface area contributed by atoms with Gasteiger partial charge in [0.25, 0.3) is 0 Å². The highest BCUT2D eigenvalue weighted by atomic mass is 15.2. The van der Waals surface area contributed by atoms with Crippen LogP contribution in [0.3, 0.4) is 0 Å². The maximum absolute atomic E-state index is 5.76. The van der Waals surface area contributed by atoms with Crippen molar-refractivity contribution >= 4 is 0 Å². The van der Waals surface area contributed by atoms with Crippen LogP contribution in [-0.4, -0.2) is 24.0 Å². The molecule has 0 amide bonds. The molecule has 0 aromatic heterocycles. The molecule has 1 saturated carbocycles. The maximum atomic E-state index is 5.76. The molecule has 2 nitrogen and oxygen atoms in total. The number of nitrogens with zero attached hydrogens (tertiary/aromatic N) is 1. The zero-order chi connectivity index (χ0) is 12.8. The van der Waals surface area contributed by atoms with Gasteiger partial charge in [-0.05, 0) is 24.8 Å². The fraction of sp³-hybridized carbons (Fsp3) is 0.625. The zero-order valence-corrected chi connectivity index (χ0v) is 11.5. The van der Waals surface area contributed by atoms with Crippen LogP contribution in [0.5, 0.6) is 0 Å². The van der Waals surface area contributed by atoms with Crippen LogP contribution in [0.15, 0.2) is 30.3 Å². The molecule has 2 heteroatoms. The molecule has 0 radical (unpaired) electrons. The van der Waals surface area contributed by atoms with Gasteiger partial charge in [0.1, 0.15) is 0 Å². The first kappa shape index (κ1) is 13.6. The van der Waals surface area contributed by atoms with Crippen LogP contribution in [0, 0.1) is 5.92 Å². The number of hydrogen-bond donors (Lipinski definition) is 1. The van der Waals surface area contributed by atoms with Crippen molar-refractivity contribution in [2.24, 2.45) is 11.7 Å². The summed E-state index contributed by atoms with van der Waals surface area (Å²) >= 11 is 0. The van der Waals surface area contributed by atoms with Gasteiger partial charge in [0, 0.05) is 25.7 Å². The smallest absolute Gasteiger partial charge is 0.0237 e. The predicted molar refractivity (Wildman–Crippen MR) is 77.3 cm³/mol. The first-order chi connectivity index (χ1) is 8.79. The van der Waals surface area contributed by atoms with E-state index in [-0.39, 0.29) is 0 Å². The molecule has 1 unspecified atom stereocenters. The quantitative estimate of drug-likeness (QED) is 0.801. The van der Waals surface area contributed by atoms with Crippen LogP contribution in [0.1, 0.15) is 38.2 Å². The molecule has 2 N–H and O–H groups in total. The van der Waals surface area contributed by atoms with Crippen molar-refractivity contribution < 1.29 is 0 Å². The molecule has 18 heavy (non-hydrogen) atoms. The largest absolute Gasteiger partial charge is 0.329 e. The molecule has 1 aliphatic carbocycles. The number of benzene rings is 1. The fourth-order valence-electron chi connectivity index (χ4n) is 2.80. The van der Waals surface area contributed by atoms with Gasteiger partial charge in [-0.25, -0.2) is 0 Å². The van der Waals surface area contributed by atoms with Gasteiger partial charge >= 0.3 is 0 Å². The van der Waals surface area contributed by atoms with Gasteiger partial charge in [-0.15, -0.1) is 0 Å². The van der Waals surface area contributed by atoms with Gasteiger partial charge in [0.05, 0.1) is 0 Å². The lowest BCUT2D eigenvalue weighted by atomic mass is 9.81. The average molecular weight is 246 g/mol. The van der Waals surface area contributed by atoms with E-state index in [0.29, 0.717) is 6.04 Å². The zero-order valence-electron chi connectivity index (χ0n) is 11.5. The fourth-order valence-corrected chi connectivity index (χ4v) is 2.80. The Morgan fingerprint density at radius 1 is 1.28 bits per heavy atom. The molecule has 100 valence electrons. The Hall–Kier alpha value is -0.860. The van der Waals surface area contributed by atoms with Crippen LogP contribution in [-0.2, 0) is 6.54 Å². The standard InChI is InChI=1S/C16H26N2/c1-14(12-15-8-5-9-15)18(11-10-17)13-16-6-3-2-4-7-16/h2-4,6-7,14-15H,5,8-13,17H2,1H3. The Bertz CT molecular complexity index is 332. The summed E-state index contributed by atoms with van der Waals surface area (Å²) in [6, 6.07) is 11.4. The first-order valence-electron chi connectivity index (χ1n) is 7.27. The van der Waals surface area contributed by atoms with Crippen molar-refractivity contribution in [1.29, 1.82) is 0 Å². The Balaban J connectivity index is 1.89. The second-order valence-corrected chi connectivity index (χ2v) is 5.63. The lowest BCUT2D eigenvalue weighted by Gasteiger charge is -2.34. The SMILES string of the molecule is CC(CC1CCC1)N(CCN)Cc1ccccc1. The molecular weight excluding hydrogens is 220 g/mol. The van der Waals surface area contributed by atoms with E-state index in [1.165, 1.54) is 31.2 Å². The van der Waals surface area contributed by atoms with E-state index in [1.807, 2.05) is 0 Å². The van der Waals surface area contributed by atoms with Crippen LogP contribution >= 0.6 is 0 Å². The van der Waals surface area contributed by atoms with Crippen molar-refractivity contribution in [2.75, 3.05) is 13.1 Å². The highest BCUT2D eigenvalue weighted by Crippen LogP contribution is 2.31. The number of hydrogen-bond acceptors (Lipinski definition) is 2. The van der Waals surface area contributed by atoms with Gasteiger partial charge in [-0.1, -0.05) is 49.6 Å². The van der Waals surface area contributed by atoms with E-state index >= 15 is 0 Å². The molecule has 0 bridgehead atoms. The summed E-state index contributed by atoms with van der Waals surface area (Å²) in [4.78, 5) is 2.54. The van der Waals surface area contributed by atoms with Gasteiger partial charge in [-0.2, -0.15) is 0 Å². The van der Waals surface area contributed by atoms with Crippen LogP contribution in [0.25, 0.3) is 0 Å². The minimum Gasteiger partial charge on any atom is -0.329 e. The van der Waals surface area contributed by atoms with E-state index in [2.05, 4.69) is 42.2 Å². The van der Waals surface area contributed by atoms with Crippen LogP contribution < -0.4 is 5.73 Å². The highest BCUT2D eigenvalue weighted by Gasteiger charge is 2.23. The third kappa shape index (κ3) is 3.82. The lowest BCUT2D eigenvalue weighted by molar-refractivity contribution is 0.151. The molecule has 2 rings (SSSR count). The van der Waals surface area contributed by atoms with E-state index in [4.69, 9.17) is 5.73 Å². The molecular formula is C16H26N2. The third-order valence-electron chi connectivity index (χ3n) is 4.17. The minimum atomic E-state index is 0.652. The van der Waals surface area contributed by atoms with Gasteiger partial charge in [0.15, 0.2) is 0 Å². The minimum absolute atomic E-state index is 0.652. The van der Waals surface area contributed by atoms with Crippen molar-refractivity contribution in [3.8, 4) is 0 Å². The third-order valence-corrected chi connectivity index (χ3v) is 4.17. The van der Waals surface area contributed by atoms with E-state index in [1.54, 1.807) is 0 Å². The average Bonchev–Trinajstić information content (AvgIpc) is 2.34. The van der Waals surface area contributed by atoms with Crippen molar-refractivity contribution in [3.63, 3.8) is 0 Å². The van der Waals surface area contributed by atoms with Gasteiger partial charge in [0.2, 0.25) is 0 Å². The Morgan fingerprint density at radius 2 is 2.00 bits per heavy atom. The Labute approximate surface area is 111 Å². The maximum Gasteiger partial charge on any atom is 0.0237 e. The van der Waals surface area contributed by atoms with E-state index < -0.39 is 0 Å². The number of rotatable bonds is 7. The summed E-state index contributed by atoms with van der Waals surface area (Å²) in [5.74, 6) is 0.969. The Morgan fingerprint density at radius 3 is 2.56 bits per heavy atom. The number of nitrogens with two attached hydrogens (primary N) is 1. The highest BCUT2D eigenvalue weighted by molar-refractivity contribution is 5.14. The lowest BCUT2D eigenvalue weighted by Crippen LogP contribution is -2.38. The molecule has 1 aliphatic rings. The van der Waals surface area contributed by atoms with Crippen molar-refractivity contribution in [1.82, 2.24) is 4.90 Å². The molecule has 1 atom stereocenters. The summed E-state index contributed by atoms with van der Waals surface area (Å²) in [6.07, 6.45) is 5.65. The summed E-state index contributed by atoms with van der Waals surface area (Å²) in [5, 5.41) is 0. The van der Waals surface area contributed by atoms with Crippen LogP contribution in [0.4, 0.5) is 0 Å². The van der Waals surface area contributed by atoms with Gasteiger partial charge in [-0.3, -0.25) is 4.90 Å². The molecule has 1 aromatic rings. The topological polar surface area (TPSA) is 29.3 Å². The molecule has 0 saturated heterocycles. The summed E-state index contributed by atoms with van der Waals surface area (Å²) in [5.41, 5.74) is 7.15. The van der Waals surface area contributed by atoms with Gasteiger partial charge < -0.3 is 5.73 Å². The first-order valence-corrected chi connectivity index (χ1v) is 7.27. The van der Waals surface area contributed by atoms with Crippen LogP contribution in [0.2, 0.25) is 0 Å². The van der Waals surface area contributed by atoms with Crippen molar-refractivity contribution in [2.45, 2.75) is 45.2 Å². The Kier molecular flexibility index (Phi) is 5.21. The molecule has 0 aliphatic heterocycles. The molecule has 0 spiro atoms.